The molecule has 1 aliphatic rings. The normalized spacial score (nSPS) is 15.1. The molecule has 0 radical (unpaired) electrons. The molecule has 1 aromatic heterocycles. The second kappa shape index (κ2) is 12.4. The Morgan fingerprint density at radius 3 is 2.60 bits per heavy atom. The van der Waals surface area contributed by atoms with Crippen LogP contribution in [-0.4, -0.2) is 34.9 Å². The minimum atomic E-state index is -0.858. The molecule has 0 saturated heterocycles. The third kappa shape index (κ3) is 7.95. The summed E-state index contributed by atoms with van der Waals surface area (Å²) in [6, 6.07) is 5.60. The number of aromatic nitrogens is 1. The molecule has 1 fully saturated rings. The quantitative estimate of drug-likeness (QED) is 0.394. The van der Waals surface area contributed by atoms with Crippen molar-refractivity contribution in [3.8, 4) is 5.75 Å². The minimum Gasteiger partial charge on any atom is -0.493 e. The van der Waals surface area contributed by atoms with E-state index in [0.717, 1.165) is 23.2 Å². The first-order valence-electron chi connectivity index (χ1n) is 12.5. The Hall–Kier alpha value is -2.61. The van der Waals surface area contributed by atoms with Crippen LogP contribution in [0.25, 0.3) is 0 Å². The molecule has 1 saturated carbocycles. The molecule has 3 rings (SSSR count). The van der Waals surface area contributed by atoms with E-state index in [9.17, 15) is 9.59 Å². The van der Waals surface area contributed by atoms with Crippen LogP contribution in [-0.2, 0) is 34.3 Å². The van der Waals surface area contributed by atoms with E-state index in [1.54, 1.807) is 13.8 Å². The summed E-state index contributed by atoms with van der Waals surface area (Å²) >= 11 is 1.82. The van der Waals surface area contributed by atoms with E-state index in [2.05, 4.69) is 19.2 Å². The number of carbonyl (C=O) groups is 2. The average Bonchev–Trinajstić information content (AvgIpc) is 3.18. The van der Waals surface area contributed by atoms with E-state index >= 15 is 0 Å². The molecule has 0 spiro atoms. The van der Waals surface area contributed by atoms with Gasteiger partial charge in [0.15, 0.2) is 0 Å². The lowest BCUT2D eigenvalue weighted by Gasteiger charge is -2.31. The number of thiazole rings is 1. The van der Waals surface area contributed by atoms with Crippen LogP contribution in [0.4, 0.5) is 4.79 Å². The van der Waals surface area contributed by atoms with Crippen LogP contribution in [0.2, 0.25) is 0 Å². The Morgan fingerprint density at radius 1 is 1.17 bits per heavy atom. The van der Waals surface area contributed by atoms with Crippen LogP contribution in [0, 0.1) is 6.92 Å². The lowest BCUT2D eigenvalue weighted by Crippen LogP contribution is -2.26. The number of amides is 1. The maximum Gasteiger partial charge on any atom is 0.407 e. The molecule has 8 heteroatoms. The fourth-order valence-electron chi connectivity index (χ4n) is 4.49. The molecule has 2 aromatic rings. The van der Waals surface area contributed by atoms with Crippen LogP contribution >= 0.6 is 11.3 Å². The molecular formula is C27H38N2O5S. The summed E-state index contributed by atoms with van der Waals surface area (Å²) in [5.41, 5.74) is 3.00. The van der Waals surface area contributed by atoms with Crippen molar-refractivity contribution in [2.75, 3.05) is 6.61 Å². The number of alkyl carbamates (subject to hydrolysis) is 1. The lowest BCUT2D eigenvalue weighted by molar-refractivity contribution is -0.136. The standard InChI is InChI=1S/C27H38N2O5S/c1-18(2)34-26(32)28-17-21-16-22(10-8-20(21)9-11-24(30)31)33-15-12-23-19(3)35-25(29-23)27(4)13-6-5-7-14-27/h8,10,16,18H,5-7,9,11-15,17H2,1-4H3,(H,28,32)(H,30,31). The largest absolute Gasteiger partial charge is 0.493 e. The molecular weight excluding hydrogens is 464 g/mol. The minimum absolute atomic E-state index is 0.0218. The molecule has 1 aliphatic carbocycles. The van der Waals surface area contributed by atoms with E-state index in [0.29, 0.717) is 18.8 Å². The molecule has 2 N–H and O–H groups in total. The van der Waals surface area contributed by atoms with Gasteiger partial charge in [-0.15, -0.1) is 11.3 Å². The molecule has 1 aromatic carbocycles. The summed E-state index contributed by atoms with van der Waals surface area (Å²) < 4.78 is 11.2. The van der Waals surface area contributed by atoms with E-state index in [1.165, 1.54) is 42.0 Å². The van der Waals surface area contributed by atoms with Gasteiger partial charge in [0.1, 0.15) is 5.75 Å². The van der Waals surface area contributed by atoms with Gasteiger partial charge in [0.2, 0.25) is 0 Å². The number of carboxylic acid groups (broad SMARTS) is 1. The molecule has 7 nitrogen and oxygen atoms in total. The molecule has 0 atom stereocenters. The zero-order chi connectivity index (χ0) is 25.4. The van der Waals surface area contributed by atoms with Gasteiger partial charge in [-0.25, -0.2) is 9.78 Å². The fourth-order valence-corrected chi connectivity index (χ4v) is 5.66. The number of aryl methyl sites for hydroxylation is 2. The smallest absolute Gasteiger partial charge is 0.407 e. The second-order valence-corrected chi connectivity index (χ2v) is 11.1. The van der Waals surface area contributed by atoms with Crippen molar-refractivity contribution < 1.29 is 24.2 Å². The highest BCUT2D eigenvalue weighted by atomic mass is 32.1. The summed E-state index contributed by atoms with van der Waals surface area (Å²) in [7, 11) is 0. The van der Waals surface area contributed by atoms with Gasteiger partial charge in [0.25, 0.3) is 0 Å². The number of carboxylic acids is 1. The number of hydrogen-bond acceptors (Lipinski definition) is 6. The average molecular weight is 503 g/mol. The topological polar surface area (TPSA) is 97.8 Å². The first-order valence-corrected chi connectivity index (χ1v) is 13.4. The zero-order valence-electron chi connectivity index (χ0n) is 21.3. The van der Waals surface area contributed by atoms with Gasteiger partial charge in [0.05, 0.1) is 23.4 Å². The molecule has 1 amide bonds. The van der Waals surface area contributed by atoms with Crippen molar-refractivity contribution in [3.05, 3.63) is 44.9 Å². The number of aliphatic carboxylic acids is 1. The second-order valence-electron chi connectivity index (χ2n) is 9.87. The molecule has 0 unspecified atom stereocenters. The number of benzene rings is 1. The Labute approximate surface area is 212 Å². The monoisotopic (exact) mass is 502 g/mol. The van der Waals surface area contributed by atoms with Gasteiger partial charge in [-0.3, -0.25) is 4.79 Å². The van der Waals surface area contributed by atoms with E-state index in [-0.39, 0.29) is 24.5 Å². The molecule has 35 heavy (non-hydrogen) atoms. The van der Waals surface area contributed by atoms with Crippen molar-refractivity contribution in [2.24, 2.45) is 0 Å². The summed E-state index contributed by atoms with van der Waals surface area (Å²) in [5.74, 6) is -0.172. The third-order valence-corrected chi connectivity index (χ3v) is 7.84. The van der Waals surface area contributed by atoms with Crippen LogP contribution in [0.1, 0.15) is 86.0 Å². The Morgan fingerprint density at radius 2 is 1.91 bits per heavy atom. The van der Waals surface area contributed by atoms with E-state index < -0.39 is 12.1 Å². The maximum absolute atomic E-state index is 11.9. The van der Waals surface area contributed by atoms with Gasteiger partial charge in [-0.05, 0) is 63.3 Å². The van der Waals surface area contributed by atoms with E-state index in [4.69, 9.17) is 19.6 Å². The highest BCUT2D eigenvalue weighted by Gasteiger charge is 2.32. The van der Waals surface area contributed by atoms with Crippen LogP contribution < -0.4 is 10.1 Å². The molecule has 192 valence electrons. The SMILES string of the molecule is Cc1sc(C2(C)CCCCC2)nc1CCOc1ccc(CCC(=O)O)c(CNC(=O)OC(C)C)c1. The van der Waals surface area contributed by atoms with Gasteiger partial charge in [-0.1, -0.05) is 32.3 Å². The summed E-state index contributed by atoms with van der Waals surface area (Å²) in [6.45, 7) is 8.80. The van der Waals surface area contributed by atoms with Crippen LogP contribution in [0.15, 0.2) is 18.2 Å². The maximum atomic E-state index is 11.9. The number of nitrogens with zero attached hydrogens (tertiary/aromatic N) is 1. The van der Waals surface area contributed by atoms with Gasteiger partial charge < -0.3 is 19.9 Å². The number of hydrogen-bond donors (Lipinski definition) is 2. The molecule has 1 heterocycles. The number of ether oxygens (including phenoxy) is 2. The lowest BCUT2D eigenvalue weighted by atomic mass is 9.76. The Kier molecular flexibility index (Phi) is 9.55. The van der Waals surface area contributed by atoms with Crippen molar-refractivity contribution in [2.45, 2.75) is 97.1 Å². The van der Waals surface area contributed by atoms with Crippen molar-refractivity contribution >= 4 is 23.4 Å². The van der Waals surface area contributed by atoms with Gasteiger partial charge in [0, 0.05) is 29.7 Å². The first kappa shape index (κ1) is 27.0. The first-order chi connectivity index (χ1) is 16.7. The van der Waals surface area contributed by atoms with Gasteiger partial charge in [-0.2, -0.15) is 0 Å². The Balaban J connectivity index is 1.63. The number of carbonyl (C=O) groups excluding carboxylic acids is 1. The van der Waals surface area contributed by atoms with Crippen LogP contribution in [0.5, 0.6) is 5.75 Å². The molecule has 0 bridgehead atoms. The predicted octanol–water partition coefficient (Wildman–Crippen LogP) is 5.95. The molecule has 0 aliphatic heterocycles. The van der Waals surface area contributed by atoms with Gasteiger partial charge >= 0.3 is 12.1 Å². The third-order valence-electron chi connectivity index (χ3n) is 6.53. The van der Waals surface area contributed by atoms with Crippen molar-refractivity contribution in [1.29, 1.82) is 0 Å². The zero-order valence-corrected chi connectivity index (χ0v) is 22.1. The van der Waals surface area contributed by atoms with Crippen molar-refractivity contribution in [1.82, 2.24) is 10.3 Å². The van der Waals surface area contributed by atoms with Crippen molar-refractivity contribution in [3.63, 3.8) is 0 Å². The fraction of sp³-hybridized carbons (Fsp3) is 0.593. The summed E-state index contributed by atoms with van der Waals surface area (Å²) in [4.78, 5) is 29.2. The highest BCUT2D eigenvalue weighted by Crippen LogP contribution is 2.41. The highest BCUT2D eigenvalue weighted by molar-refractivity contribution is 7.11. The number of nitrogens with one attached hydrogen (secondary N) is 1. The summed E-state index contributed by atoms with van der Waals surface area (Å²) in [5, 5.41) is 13.1. The number of rotatable bonds is 11. The van der Waals surface area contributed by atoms with E-state index in [1.807, 2.05) is 29.5 Å². The van der Waals surface area contributed by atoms with Crippen LogP contribution in [0.3, 0.4) is 0 Å². The Bertz CT molecular complexity index is 1010. The summed E-state index contributed by atoms with van der Waals surface area (Å²) in [6.07, 6.45) is 6.73. The predicted molar refractivity (Wildman–Crippen MR) is 137 cm³/mol.